The molecule has 1 saturated heterocycles. The third-order valence-corrected chi connectivity index (χ3v) is 6.49. The van der Waals surface area contributed by atoms with Gasteiger partial charge in [0.25, 0.3) is 0 Å². The van der Waals surface area contributed by atoms with Crippen LogP contribution in [0, 0.1) is 0 Å². The molecular weight excluding hydrogens is 290 g/mol. The van der Waals surface area contributed by atoms with Crippen LogP contribution in [0.5, 0.6) is 0 Å². The fraction of sp³-hybridized carbons (Fsp3) is 0.632. The van der Waals surface area contributed by atoms with Gasteiger partial charge in [0.15, 0.2) is 0 Å². The minimum absolute atomic E-state index is 0.0805. The fourth-order valence-corrected chi connectivity index (χ4v) is 4.96. The smallest absolute Gasteiger partial charge is 0.335 e. The number of benzene rings is 1. The van der Waals surface area contributed by atoms with E-state index >= 15 is 0 Å². The van der Waals surface area contributed by atoms with Gasteiger partial charge in [-0.1, -0.05) is 13.0 Å². The second-order valence-corrected chi connectivity index (χ2v) is 7.30. The van der Waals surface area contributed by atoms with Crippen LogP contribution in [0.1, 0.15) is 61.0 Å². The van der Waals surface area contributed by atoms with Gasteiger partial charge in [0, 0.05) is 11.5 Å². The summed E-state index contributed by atoms with van der Waals surface area (Å²) in [6.07, 6.45) is 4.48. The Balaban J connectivity index is 2.19. The molecule has 1 aliphatic heterocycles. The number of hydrogen-bond acceptors (Lipinski definition) is 3. The Kier molecular flexibility index (Phi) is 4.01. The van der Waals surface area contributed by atoms with Crippen LogP contribution in [0.15, 0.2) is 18.2 Å². The molecule has 1 saturated carbocycles. The number of piperidine rings is 1. The van der Waals surface area contributed by atoms with Crippen molar-refractivity contribution >= 4 is 5.97 Å². The van der Waals surface area contributed by atoms with Gasteiger partial charge in [-0.05, 0) is 75.9 Å². The van der Waals surface area contributed by atoms with Gasteiger partial charge in [0.2, 0.25) is 0 Å². The zero-order chi connectivity index (χ0) is 16.8. The number of carbonyl (C=O) groups is 1. The molecule has 3 atom stereocenters. The molecule has 2 N–H and O–H groups in total. The maximum absolute atomic E-state index is 11.6. The molecule has 1 aliphatic carbocycles. The lowest BCUT2D eigenvalue weighted by molar-refractivity contribution is -0.110. The number of aromatic carboxylic acids is 1. The van der Waals surface area contributed by atoms with Crippen LogP contribution in [-0.4, -0.2) is 46.3 Å². The molecule has 1 aromatic rings. The van der Waals surface area contributed by atoms with Crippen molar-refractivity contribution in [1.29, 1.82) is 0 Å². The molecule has 2 fully saturated rings. The first kappa shape index (κ1) is 16.5. The molecule has 3 unspecified atom stereocenters. The van der Waals surface area contributed by atoms with Crippen molar-refractivity contribution in [1.82, 2.24) is 4.90 Å². The summed E-state index contributed by atoms with van der Waals surface area (Å²) in [5, 5.41) is 21.0. The van der Waals surface area contributed by atoms with Gasteiger partial charge in [0.05, 0.1) is 11.2 Å². The largest absolute Gasteiger partial charge is 0.478 e. The van der Waals surface area contributed by atoms with Crippen molar-refractivity contribution in [2.24, 2.45) is 0 Å². The van der Waals surface area contributed by atoms with Gasteiger partial charge in [-0.3, -0.25) is 0 Å². The van der Waals surface area contributed by atoms with Crippen LogP contribution in [-0.2, 0) is 11.8 Å². The minimum Gasteiger partial charge on any atom is -0.478 e. The average molecular weight is 317 g/mol. The number of likely N-dealkylation sites (tertiary alicyclic amines) is 1. The number of nitrogens with zero attached hydrogens (tertiary/aromatic N) is 1. The van der Waals surface area contributed by atoms with Crippen molar-refractivity contribution in [2.45, 2.75) is 63.0 Å². The van der Waals surface area contributed by atoms with Gasteiger partial charge in [-0.15, -0.1) is 0 Å². The van der Waals surface area contributed by atoms with Crippen molar-refractivity contribution in [3.05, 3.63) is 34.9 Å². The Labute approximate surface area is 138 Å². The topological polar surface area (TPSA) is 60.8 Å². The molecule has 0 aromatic heterocycles. The van der Waals surface area contributed by atoms with Crippen LogP contribution in [0.4, 0.5) is 0 Å². The van der Waals surface area contributed by atoms with Gasteiger partial charge < -0.3 is 15.1 Å². The highest BCUT2D eigenvalue weighted by atomic mass is 16.4. The minimum atomic E-state index is -0.896. The molecule has 4 nitrogen and oxygen atoms in total. The first-order valence-corrected chi connectivity index (χ1v) is 8.65. The molecule has 1 aromatic carbocycles. The summed E-state index contributed by atoms with van der Waals surface area (Å²) in [5.41, 5.74) is 1.48. The van der Waals surface area contributed by atoms with E-state index in [1.807, 2.05) is 12.1 Å². The van der Waals surface area contributed by atoms with Gasteiger partial charge in [0.1, 0.15) is 0 Å². The first-order valence-electron chi connectivity index (χ1n) is 8.65. The summed E-state index contributed by atoms with van der Waals surface area (Å²) in [6.45, 7) is 5.14. The highest BCUT2D eigenvalue weighted by Gasteiger charge is 2.60. The third-order valence-electron chi connectivity index (χ3n) is 6.49. The lowest BCUT2D eigenvalue weighted by Crippen LogP contribution is -2.64. The van der Waals surface area contributed by atoms with E-state index in [2.05, 4.69) is 25.8 Å². The van der Waals surface area contributed by atoms with Gasteiger partial charge in [-0.2, -0.15) is 0 Å². The second kappa shape index (κ2) is 5.60. The molecule has 4 heteroatoms. The summed E-state index contributed by atoms with van der Waals surface area (Å²) < 4.78 is 0. The van der Waals surface area contributed by atoms with Crippen molar-refractivity contribution in [3.8, 4) is 0 Å². The predicted octanol–water partition coefficient (Wildman–Crippen LogP) is 2.82. The zero-order valence-corrected chi connectivity index (χ0v) is 14.3. The van der Waals surface area contributed by atoms with Crippen molar-refractivity contribution < 1.29 is 15.0 Å². The maximum atomic E-state index is 11.6. The second-order valence-electron chi connectivity index (χ2n) is 7.30. The van der Waals surface area contributed by atoms with E-state index in [1.165, 1.54) is 5.56 Å². The molecule has 2 aliphatic rings. The number of aryl methyl sites for hydroxylation is 1. The van der Waals surface area contributed by atoms with Crippen molar-refractivity contribution in [3.63, 3.8) is 0 Å². The molecule has 23 heavy (non-hydrogen) atoms. The summed E-state index contributed by atoms with van der Waals surface area (Å²) in [7, 11) is 2.07. The lowest BCUT2D eigenvalue weighted by atomic mass is 9.61. The maximum Gasteiger partial charge on any atom is 0.335 e. The number of carboxylic acids is 1. The Morgan fingerprint density at radius 2 is 2.09 bits per heavy atom. The van der Waals surface area contributed by atoms with Crippen LogP contribution in [0.3, 0.4) is 0 Å². The standard InChI is InChI=1S/C19H27NO3/c1-4-14-6-7-15(17(21)22)12-16(14)18-8-5-9-19(18,23)13(2)20(3)11-10-18/h6-7,12-13,23H,4-5,8-11H2,1-3H3,(H,21,22). The predicted molar refractivity (Wildman–Crippen MR) is 90.0 cm³/mol. The van der Waals surface area contributed by atoms with E-state index in [9.17, 15) is 15.0 Å². The Bertz CT molecular complexity index is 629. The van der Waals surface area contributed by atoms with E-state index in [0.29, 0.717) is 5.56 Å². The molecule has 0 radical (unpaired) electrons. The Morgan fingerprint density at radius 3 is 2.74 bits per heavy atom. The average Bonchev–Trinajstić information content (AvgIpc) is 2.90. The number of hydrogen-bond donors (Lipinski definition) is 2. The lowest BCUT2D eigenvalue weighted by Gasteiger charge is -2.54. The van der Waals surface area contributed by atoms with Crippen LogP contribution >= 0.6 is 0 Å². The molecule has 0 spiro atoms. The van der Waals surface area contributed by atoms with E-state index in [0.717, 1.165) is 44.2 Å². The molecule has 126 valence electrons. The normalized spacial score (nSPS) is 34.3. The number of fused-ring (bicyclic) bond motifs is 1. The number of aliphatic hydroxyl groups is 1. The first-order chi connectivity index (χ1) is 10.9. The third kappa shape index (κ3) is 2.23. The number of rotatable bonds is 3. The van der Waals surface area contributed by atoms with Crippen LogP contribution in [0.25, 0.3) is 0 Å². The quantitative estimate of drug-likeness (QED) is 0.900. The molecule has 0 bridgehead atoms. The highest BCUT2D eigenvalue weighted by molar-refractivity contribution is 5.88. The zero-order valence-electron chi connectivity index (χ0n) is 14.3. The molecule has 0 amide bonds. The number of carboxylic acid groups (broad SMARTS) is 1. The van der Waals surface area contributed by atoms with Crippen LogP contribution in [0.2, 0.25) is 0 Å². The highest BCUT2D eigenvalue weighted by Crippen LogP contribution is 2.56. The summed E-state index contributed by atoms with van der Waals surface area (Å²) >= 11 is 0. The van der Waals surface area contributed by atoms with Gasteiger partial charge in [-0.25, -0.2) is 4.79 Å². The van der Waals surface area contributed by atoms with E-state index in [4.69, 9.17) is 0 Å². The Morgan fingerprint density at radius 1 is 1.35 bits per heavy atom. The fourth-order valence-electron chi connectivity index (χ4n) is 4.96. The molecule has 1 heterocycles. The SMILES string of the molecule is CCc1ccc(C(=O)O)cc1C12CCCC1(O)C(C)N(C)CC2. The van der Waals surface area contributed by atoms with Crippen LogP contribution < -0.4 is 0 Å². The molecular formula is C19H27NO3. The van der Waals surface area contributed by atoms with E-state index < -0.39 is 11.6 Å². The van der Waals surface area contributed by atoms with E-state index in [-0.39, 0.29) is 11.5 Å². The molecule has 3 rings (SSSR count). The number of likely N-dealkylation sites (N-methyl/N-ethyl adjacent to an activating group) is 1. The van der Waals surface area contributed by atoms with Crippen molar-refractivity contribution in [2.75, 3.05) is 13.6 Å². The summed E-state index contributed by atoms with van der Waals surface area (Å²) in [6, 6.07) is 5.54. The summed E-state index contributed by atoms with van der Waals surface area (Å²) in [4.78, 5) is 13.7. The Hall–Kier alpha value is -1.39. The summed E-state index contributed by atoms with van der Waals surface area (Å²) in [5.74, 6) is -0.896. The van der Waals surface area contributed by atoms with Gasteiger partial charge >= 0.3 is 5.97 Å². The monoisotopic (exact) mass is 317 g/mol. The van der Waals surface area contributed by atoms with E-state index in [1.54, 1.807) is 6.07 Å².